The lowest BCUT2D eigenvalue weighted by atomic mass is 10.1. The van der Waals surface area contributed by atoms with Gasteiger partial charge in [-0.25, -0.2) is 0 Å². The van der Waals surface area contributed by atoms with Crippen LogP contribution in [0.25, 0.3) is 0 Å². The zero-order valence-electron chi connectivity index (χ0n) is 12.8. The summed E-state index contributed by atoms with van der Waals surface area (Å²) in [5.41, 5.74) is 2.83. The molecule has 1 aliphatic heterocycles. The Balaban J connectivity index is 1.52. The van der Waals surface area contributed by atoms with Gasteiger partial charge in [-0.2, -0.15) is 5.10 Å². The lowest BCUT2D eigenvalue weighted by Crippen LogP contribution is -2.39. The molecule has 0 aliphatic carbocycles. The second kappa shape index (κ2) is 7.22. The maximum atomic E-state index is 6.25. The predicted molar refractivity (Wildman–Crippen MR) is 85.7 cm³/mol. The first-order valence-corrected chi connectivity index (χ1v) is 8.03. The highest BCUT2D eigenvalue weighted by Gasteiger charge is 2.22. The van der Waals surface area contributed by atoms with Gasteiger partial charge in [0.15, 0.2) is 0 Å². The van der Waals surface area contributed by atoms with Gasteiger partial charge in [-0.05, 0) is 38.4 Å². The minimum absolute atomic E-state index is 0.245. The van der Waals surface area contributed by atoms with E-state index in [1.807, 2.05) is 25.1 Å². The third-order valence-electron chi connectivity index (χ3n) is 3.97. The summed E-state index contributed by atoms with van der Waals surface area (Å²) < 4.78 is 6.01. The molecule has 1 aliphatic rings. The minimum Gasteiger partial charge on any atom is -0.371 e. The van der Waals surface area contributed by atoms with Crippen LogP contribution in [0.2, 0.25) is 5.02 Å². The molecule has 0 aromatic carbocycles. The molecule has 0 unspecified atom stereocenters. The summed E-state index contributed by atoms with van der Waals surface area (Å²) in [6.07, 6.45) is 4.27. The largest absolute Gasteiger partial charge is 0.371 e. The molecule has 0 saturated carbocycles. The molecule has 1 N–H and O–H groups in total. The number of aryl methyl sites for hydroxylation is 1. The van der Waals surface area contributed by atoms with E-state index in [0.717, 1.165) is 54.6 Å². The van der Waals surface area contributed by atoms with Crippen molar-refractivity contribution >= 4 is 11.6 Å². The van der Waals surface area contributed by atoms with E-state index in [1.54, 1.807) is 6.20 Å². The average Bonchev–Trinajstić information content (AvgIpc) is 2.86. The normalized spacial score (nSPS) is 19.5. The first-order valence-electron chi connectivity index (χ1n) is 7.65. The summed E-state index contributed by atoms with van der Waals surface area (Å²) in [5.74, 6) is 0. The van der Waals surface area contributed by atoms with Gasteiger partial charge in [0.1, 0.15) is 0 Å². The molecule has 3 rings (SSSR count). The average molecular weight is 321 g/mol. The molecule has 0 amide bonds. The lowest BCUT2D eigenvalue weighted by molar-refractivity contribution is -0.0135. The molecule has 2 aromatic rings. The number of likely N-dealkylation sites (tertiary alicyclic amines) is 1. The van der Waals surface area contributed by atoms with Gasteiger partial charge >= 0.3 is 0 Å². The summed E-state index contributed by atoms with van der Waals surface area (Å²) in [6, 6.07) is 5.90. The van der Waals surface area contributed by atoms with Crippen molar-refractivity contribution < 1.29 is 4.74 Å². The van der Waals surface area contributed by atoms with Gasteiger partial charge < -0.3 is 4.74 Å². The molecule has 3 heterocycles. The number of ether oxygens (including phenoxy) is 1. The third kappa shape index (κ3) is 3.85. The van der Waals surface area contributed by atoms with E-state index in [1.165, 1.54) is 0 Å². The fourth-order valence-corrected chi connectivity index (χ4v) is 2.91. The molecule has 1 fully saturated rings. The number of hydrogen-bond donors (Lipinski definition) is 1. The Morgan fingerprint density at radius 1 is 1.45 bits per heavy atom. The molecule has 0 bridgehead atoms. The topological polar surface area (TPSA) is 54.0 Å². The van der Waals surface area contributed by atoms with Gasteiger partial charge in [-0.15, -0.1) is 0 Å². The fraction of sp³-hybridized carbons (Fsp3) is 0.500. The molecule has 5 nitrogen and oxygen atoms in total. The molecule has 2 aromatic heterocycles. The summed E-state index contributed by atoms with van der Waals surface area (Å²) in [4.78, 5) is 6.65. The van der Waals surface area contributed by atoms with Crippen molar-refractivity contribution in [2.24, 2.45) is 0 Å². The maximum Gasteiger partial charge on any atom is 0.0951 e. The quantitative estimate of drug-likeness (QED) is 0.920. The number of pyridine rings is 1. The second-order valence-electron chi connectivity index (χ2n) is 5.74. The van der Waals surface area contributed by atoms with E-state index in [-0.39, 0.29) is 6.10 Å². The summed E-state index contributed by atoms with van der Waals surface area (Å²) in [7, 11) is 0. The molecular formula is C16H21ClN4O. The van der Waals surface area contributed by atoms with Crippen LogP contribution < -0.4 is 0 Å². The summed E-state index contributed by atoms with van der Waals surface area (Å²) in [6.45, 7) is 5.25. The van der Waals surface area contributed by atoms with E-state index in [0.29, 0.717) is 6.61 Å². The van der Waals surface area contributed by atoms with Gasteiger partial charge in [-0.3, -0.25) is 15.0 Å². The first-order chi connectivity index (χ1) is 10.7. The number of aromatic amines is 1. The Labute approximate surface area is 135 Å². The van der Waals surface area contributed by atoms with E-state index in [9.17, 15) is 0 Å². The van der Waals surface area contributed by atoms with Crippen LogP contribution in [0.15, 0.2) is 24.4 Å². The first kappa shape index (κ1) is 15.5. The Kier molecular flexibility index (Phi) is 5.08. The van der Waals surface area contributed by atoms with Crippen LogP contribution >= 0.6 is 11.6 Å². The van der Waals surface area contributed by atoms with Crippen LogP contribution in [0.3, 0.4) is 0 Å². The molecule has 22 heavy (non-hydrogen) atoms. The van der Waals surface area contributed by atoms with Crippen molar-refractivity contribution in [3.8, 4) is 0 Å². The van der Waals surface area contributed by atoms with E-state index >= 15 is 0 Å². The van der Waals surface area contributed by atoms with Crippen LogP contribution in [-0.4, -0.2) is 39.3 Å². The van der Waals surface area contributed by atoms with Crippen LogP contribution in [0.1, 0.15) is 29.9 Å². The predicted octanol–water partition coefficient (Wildman–Crippen LogP) is 2.95. The number of rotatable bonds is 5. The third-order valence-corrected chi connectivity index (χ3v) is 4.47. The summed E-state index contributed by atoms with van der Waals surface area (Å²) in [5, 5.41) is 7.96. The summed E-state index contributed by atoms with van der Waals surface area (Å²) >= 11 is 6.25. The number of H-pyrrole nitrogens is 1. The van der Waals surface area contributed by atoms with Crippen molar-refractivity contribution in [3.63, 3.8) is 0 Å². The molecule has 0 radical (unpaired) electrons. The highest BCUT2D eigenvalue weighted by atomic mass is 35.5. The molecule has 6 heteroatoms. The molecule has 1 saturated heterocycles. The standard InChI is InChI=1S/C16H21ClN4O/c1-12-16(17)15(20-19-12)10-21-8-4-6-14(9-21)22-11-13-5-2-3-7-18-13/h2-3,5,7,14H,4,6,8-11H2,1H3,(H,19,20)/t14-/m1/s1. The Morgan fingerprint density at radius 3 is 3.09 bits per heavy atom. The molecule has 0 spiro atoms. The Hall–Kier alpha value is -1.43. The number of aromatic nitrogens is 3. The van der Waals surface area contributed by atoms with Crippen LogP contribution in [0.5, 0.6) is 0 Å². The van der Waals surface area contributed by atoms with Gasteiger partial charge in [0.25, 0.3) is 0 Å². The van der Waals surface area contributed by atoms with Crippen molar-refractivity contribution in [2.75, 3.05) is 13.1 Å². The highest BCUT2D eigenvalue weighted by molar-refractivity contribution is 6.31. The number of halogens is 1. The molecular weight excluding hydrogens is 300 g/mol. The molecule has 1 atom stereocenters. The smallest absolute Gasteiger partial charge is 0.0951 e. The number of nitrogens with zero attached hydrogens (tertiary/aromatic N) is 3. The SMILES string of the molecule is Cc1[nH]nc(CN2CCC[C@@H](OCc3ccccn3)C2)c1Cl. The number of nitrogens with one attached hydrogen (secondary N) is 1. The monoisotopic (exact) mass is 320 g/mol. The van der Waals surface area contributed by atoms with E-state index in [2.05, 4.69) is 20.1 Å². The van der Waals surface area contributed by atoms with Crippen LogP contribution in [0, 0.1) is 6.92 Å². The maximum absolute atomic E-state index is 6.25. The minimum atomic E-state index is 0.245. The van der Waals surface area contributed by atoms with Gasteiger partial charge in [0.2, 0.25) is 0 Å². The van der Waals surface area contributed by atoms with Gasteiger partial charge in [0, 0.05) is 19.3 Å². The zero-order chi connectivity index (χ0) is 15.4. The second-order valence-corrected chi connectivity index (χ2v) is 6.12. The number of hydrogen-bond acceptors (Lipinski definition) is 4. The van der Waals surface area contributed by atoms with Crippen LogP contribution in [0.4, 0.5) is 0 Å². The van der Waals surface area contributed by atoms with Gasteiger partial charge in [-0.1, -0.05) is 17.7 Å². The van der Waals surface area contributed by atoms with Crippen molar-refractivity contribution in [1.29, 1.82) is 0 Å². The number of piperidine rings is 1. The zero-order valence-corrected chi connectivity index (χ0v) is 13.5. The van der Waals surface area contributed by atoms with Crippen molar-refractivity contribution in [1.82, 2.24) is 20.1 Å². The fourth-order valence-electron chi connectivity index (χ4n) is 2.76. The van der Waals surface area contributed by atoms with E-state index in [4.69, 9.17) is 16.3 Å². The lowest BCUT2D eigenvalue weighted by Gasteiger charge is -2.32. The van der Waals surface area contributed by atoms with Gasteiger partial charge in [0.05, 0.1) is 34.8 Å². The Morgan fingerprint density at radius 2 is 2.36 bits per heavy atom. The van der Waals surface area contributed by atoms with E-state index < -0.39 is 0 Å². The van der Waals surface area contributed by atoms with Crippen molar-refractivity contribution in [2.45, 2.75) is 39.0 Å². The molecule has 118 valence electrons. The van der Waals surface area contributed by atoms with Crippen molar-refractivity contribution in [3.05, 3.63) is 46.5 Å². The Bertz CT molecular complexity index is 601. The highest BCUT2D eigenvalue weighted by Crippen LogP contribution is 2.21. The van der Waals surface area contributed by atoms with Crippen LogP contribution in [-0.2, 0) is 17.9 Å².